The van der Waals surface area contributed by atoms with Gasteiger partial charge in [0.1, 0.15) is 46.5 Å². The number of ether oxygens (including phenoxy) is 2. The summed E-state index contributed by atoms with van der Waals surface area (Å²) >= 11 is 0. The van der Waals surface area contributed by atoms with E-state index in [0.29, 0.717) is 5.56 Å². The predicted octanol–water partition coefficient (Wildman–Crippen LogP) is 0.783. The number of aliphatic hydroxyl groups excluding tert-OH is 3. The van der Waals surface area contributed by atoms with Crippen molar-refractivity contribution in [2.45, 2.75) is 37.6 Å². The van der Waals surface area contributed by atoms with E-state index in [9.17, 15) is 35.4 Å². The van der Waals surface area contributed by atoms with Crippen molar-refractivity contribution in [2.24, 2.45) is 0 Å². The van der Waals surface area contributed by atoms with E-state index in [1.807, 2.05) is 0 Å². The van der Waals surface area contributed by atoms with Crippen LogP contribution in [0.1, 0.15) is 6.92 Å². The van der Waals surface area contributed by atoms with Gasteiger partial charge in [-0.2, -0.15) is 0 Å². The van der Waals surface area contributed by atoms with Crippen LogP contribution in [0.15, 0.2) is 45.6 Å². The van der Waals surface area contributed by atoms with Gasteiger partial charge in [0.25, 0.3) is 0 Å². The number of phenols is 3. The fourth-order valence-electron chi connectivity index (χ4n) is 3.39. The monoisotopic (exact) mass is 432 g/mol. The smallest absolute Gasteiger partial charge is 0.229 e. The lowest BCUT2D eigenvalue weighted by Crippen LogP contribution is -2.58. The summed E-state index contributed by atoms with van der Waals surface area (Å²) in [5.41, 5.74) is -0.303. The van der Waals surface area contributed by atoms with Gasteiger partial charge < -0.3 is 44.5 Å². The molecule has 3 aromatic rings. The van der Waals surface area contributed by atoms with Gasteiger partial charge >= 0.3 is 0 Å². The Bertz CT molecular complexity index is 1190. The Kier molecular flexibility index (Phi) is 5.23. The molecule has 10 heteroatoms. The molecule has 5 atom stereocenters. The van der Waals surface area contributed by atoms with E-state index in [1.54, 1.807) is 0 Å². The van der Waals surface area contributed by atoms with Crippen LogP contribution < -0.4 is 10.2 Å². The maximum atomic E-state index is 12.4. The second kappa shape index (κ2) is 7.75. The number of aromatic hydroxyl groups is 3. The van der Waals surface area contributed by atoms with E-state index in [0.717, 1.165) is 12.1 Å². The molecule has 0 spiro atoms. The minimum absolute atomic E-state index is 0.0486. The first-order valence-electron chi connectivity index (χ1n) is 9.35. The third kappa shape index (κ3) is 3.77. The van der Waals surface area contributed by atoms with E-state index in [-0.39, 0.29) is 34.0 Å². The number of fused-ring (bicyclic) bond motifs is 1. The van der Waals surface area contributed by atoms with E-state index >= 15 is 0 Å². The van der Waals surface area contributed by atoms with Crippen molar-refractivity contribution in [2.75, 3.05) is 0 Å². The number of hydrogen-bond acceptors (Lipinski definition) is 10. The average molecular weight is 432 g/mol. The topological polar surface area (TPSA) is 170 Å². The van der Waals surface area contributed by atoms with Crippen LogP contribution in [-0.2, 0) is 4.74 Å². The normalized spacial score (nSPS) is 26.1. The van der Waals surface area contributed by atoms with E-state index < -0.39 is 41.9 Å². The molecule has 31 heavy (non-hydrogen) atoms. The maximum absolute atomic E-state index is 12.4. The first-order valence-corrected chi connectivity index (χ1v) is 9.35. The summed E-state index contributed by atoms with van der Waals surface area (Å²) in [6.07, 6.45) is -6.63. The molecular weight excluding hydrogens is 412 g/mol. The van der Waals surface area contributed by atoms with Gasteiger partial charge in [-0.1, -0.05) is 0 Å². The number of hydrogen-bond donors (Lipinski definition) is 6. The Morgan fingerprint density at radius 2 is 1.65 bits per heavy atom. The SMILES string of the molecule is CC1OC(Oc2cc(-c3cc(=O)c4c(O)cc(O)cc4o3)ccc2O)C(O)C(O)C1O. The fourth-order valence-corrected chi connectivity index (χ4v) is 3.39. The highest BCUT2D eigenvalue weighted by Crippen LogP contribution is 2.36. The van der Waals surface area contributed by atoms with Crippen LogP contribution in [0.4, 0.5) is 0 Å². The highest BCUT2D eigenvalue weighted by atomic mass is 16.7. The number of benzene rings is 2. The van der Waals surface area contributed by atoms with Gasteiger partial charge in [-0.05, 0) is 25.1 Å². The van der Waals surface area contributed by atoms with Crippen LogP contribution >= 0.6 is 0 Å². The molecule has 1 aliphatic heterocycles. The van der Waals surface area contributed by atoms with Crippen LogP contribution in [0, 0.1) is 0 Å². The fraction of sp³-hybridized carbons (Fsp3) is 0.286. The summed E-state index contributed by atoms with van der Waals surface area (Å²) in [5, 5.41) is 59.4. The molecular formula is C21H20O10. The van der Waals surface area contributed by atoms with Crippen LogP contribution in [-0.4, -0.2) is 61.3 Å². The Labute approximate surface area is 174 Å². The highest BCUT2D eigenvalue weighted by Gasteiger charge is 2.43. The minimum atomic E-state index is -1.58. The van der Waals surface area contributed by atoms with E-state index in [2.05, 4.69) is 0 Å². The van der Waals surface area contributed by atoms with Crippen LogP contribution in [0.2, 0.25) is 0 Å². The summed E-state index contributed by atoms with van der Waals surface area (Å²) < 4.78 is 16.5. The summed E-state index contributed by atoms with van der Waals surface area (Å²) in [6, 6.07) is 7.35. The second-order valence-electron chi connectivity index (χ2n) is 7.29. The van der Waals surface area contributed by atoms with Gasteiger partial charge in [0.2, 0.25) is 6.29 Å². The summed E-state index contributed by atoms with van der Waals surface area (Å²) in [4.78, 5) is 12.4. The van der Waals surface area contributed by atoms with Gasteiger partial charge in [-0.25, -0.2) is 0 Å². The molecule has 0 aliphatic carbocycles. The molecule has 4 rings (SSSR count). The Morgan fingerprint density at radius 1 is 0.903 bits per heavy atom. The van der Waals surface area contributed by atoms with Crippen molar-refractivity contribution in [1.29, 1.82) is 0 Å². The van der Waals surface area contributed by atoms with Crippen molar-refractivity contribution in [1.82, 2.24) is 0 Å². The van der Waals surface area contributed by atoms with Gasteiger partial charge in [-0.3, -0.25) is 4.79 Å². The van der Waals surface area contributed by atoms with Gasteiger partial charge in [0.15, 0.2) is 16.9 Å². The molecule has 1 saturated heterocycles. The van der Waals surface area contributed by atoms with Crippen LogP contribution in [0.5, 0.6) is 23.0 Å². The molecule has 6 N–H and O–H groups in total. The molecule has 0 bridgehead atoms. The van der Waals surface area contributed by atoms with E-state index in [1.165, 1.54) is 31.2 Å². The van der Waals surface area contributed by atoms with Crippen molar-refractivity contribution >= 4 is 11.0 Å². The summed E-state index contributed by atoms with van der Waals surface area (Å²) in [6.45, 7) is 1.49. The Morgan fingerprint density at radius 3 is 2.39 bits per heavy atom. The maximum Gasteiger partial charge on any atom is 0.229 e. The molecule has 2 heterocycles. The first-order chi connectivity index (χ1) is 14.7. The number of aliphatic hydroxyl groups is 3. The van der Waals surface area contributed by atoms with E-state index in [4.69, 9.17) is 13.9 Å². The molecule has 0 saturated carbocycles. The molecule has 0 amide bonds. The van der Waals surface area contributed by atoms with Crippen molar-refractivity contribution < 1.29 is 44.5 Å². The third-order valence-corrected chi connectivity index (χ3v) is 5.09. The molecule has 2 aromatic carbocycles. The van der Waals surface area contributed by atoms with Crippen molar-refractivity contribution in [3.63, 3.8) is 0 Å². The predicted molar refractivity (Wildman–Crippen MR) is 106 cm³/mol. The third-order valence-electron chi connectivity index (χ3n) is 5.09. The zero-order valence-electron chi connectivity index (χ0n) is 16.2. The zero-order valence-corrected chi connectivity index (χ0v) is 16.2. The average Bonchev–Trinajstić information content (AvgIpc) is 2.71. The largest absolute Gasteiger partial charge is 0.508 e. The summed E-state index contributed by atoms with van der Waals surface area (Å²) in [7, 11) is 0. The molecule has 1 fully saturated rings. The van der Waals surface area contributed by atoms with Gasteiger partial charge in [0.05, 0.1) is 6.10 Å². The molecule has 0 radical (unpaired) electrons. The standard InChI is InChI=1S/C21H20O10/c1-8-18(26)19(27)20(28)21(29-8)31-15-4-9(2-3-11(15)23)14-7-13(25)17-12(24)5-10(22)6-16(17)30-14/h2-8,18-24,26-28H,1H3. The number of rotatable bonds is 3. The lowest BCUT2D eigenvalue weighted by Gasteiger charge is -2.38. The van der Waals surface area contributed by atoms with Crippen molar-refractivity contribution in [3.05, 3.63) is 46.6 Å². The Balaban J connectivity index is 1.71. The molecule has 1 aliphatic rings. The lowest BCUT2D eigenvalue weighted by molar-refractivity contribution is -0.268. The number of phenolic OH excluding ortho intramolecular Hbond substituents is 3. The van der Waals surface area contributed by atoms with Gasteiger partial charge in [0, 0.05) is 23.8 Å². The minimum Gasteiger partial charge on any atom is -0.508 e. The summed E-state index contributed by atoms with van der Waals surface area (Å²) in [5.74, 6) is -1.12. The zero-order chi connectivity index (χ0) is 22.4. The van der Waals surface area contributed by atoms with Crippen molar-refractivity contribution in [3.8, 4) is 34.3 Å². The molecule has 1 aromatic heterocycles. The molecule has 5 unspecified atom stereocenters. The second-order valence-corrected chi connectivity index (χ2v) is 7.29. The highest BCUT2D eigenvalue weighted by molar-refractivity contribution is 5.86. The Hall–Kier alpha value is -3.31. The van der Waals surface area contributed by atoms with Gasteiger partial charge in [-0.15, -0.1) is 0 Å². The molecule has 10 nitrogen and oxygen atoms in total. The van der Waals surface area contributed by atoms with Crippen LogP contribution in [0.3, 0.4) is 0 Å². The molecule has 164 valence electrons. The first kappa shape index (κ1) is 20.9. The quantitative estimate of drug-likeness (QED) is 0.348. The lowest BCUT2D eigenvalue weighted by atomic mass is 10.00. The van der Waals surface area contributed by atoms with Crippen LogP contribution in [0.25, 0.3) is 22.3 Å².